The third-order valence-electron chi connectivity index (χ3n) is 2.66. The first-order valence-electron chi connectivity index (χ1n) is 4.98. The van der Waals surface area contributed by atoms with E-state index < -0.39 is 16.4 Å². The second-order valence-corrected chi connectivity index (χ2v) is 4.56. The molecule has 1 fully saturated rings. The van der Waals surface area contributed by atoms with E-state index in [1.807, 2.05) is 4.90 Å². The maximum atomic E-state index is 13.3. The van der Waals surface area contributed by atoms with Gasteiger partial charge in [0.1, 0.15) is 0 Å². The van der Waals surface area contributed by atoms with Crippen molar-refractivity contribution in [3.8, 4) is 0 Å². The van der Waals surface area contributed by atoms with Crippen LogP contribution in [0.1, 0.15) is 12.8 Å². The lowest BCUT2D eigenvalue weighted by atomic mass is 10.2. The minimum atomic E-state index is -0.806. The number of halogens is 2. The number of hydrogen-bond donors (Lipinski definition) is 0. The summed E-state index contributed by atoms with van der Waals surface area (Å²) in [5, 5.41) is 10.6. The molecule has 1 aromatic rings. The lowest BCUT2D eigenvalue weighted by Gasteiger charge is -2.18. The van der Waals surface area contributed by atoms with Gasteiger partial charge in [0.15, 0.2) is 0 Å². The van der Waals surface area contributed by atoms with Gasteiger partial charge < -0.3 is 4.90 Å². The highest BCUT2D eigenvalue weighted by Gasteiger charge is 2.22. The highest BCUT2D eigenvalue weighted by atomic mass is 79.9. The summed E-state index contributed by atoms with van der Waals surface area (Å²) in [5.74, 6) is -0.806. The van der Waals surface area contributed by atoms with Crippen molar-refractivity contribution in [2.45, 2.75) is 12.8 Å². The molecule has 0 unspecified atom stereocenters. The molecule has 0 amide bonds. The van der Waals surface area contributed by atoms with Crippen LogP contribution in [0, 0.1) is 15.9 Å². The molecule has 0 N–H and O–H groups in total. The Kier molecular flexibility index (Phi) is 3.09. The van der Waals surface area contributed by atoms with Crippen LogP contribution in [0.2, 0.25) is 0 Å². The number of nitro groups is 1. The molecule has 0 atom stereocenters. The zero-order valence-corrected chi connectivity index (χ0v) is 10.0. The van der Waals surface area contributed by atoms with Gasteiger partial charge in [-0.25, -0.2) is 0 Å². The smallest absolute Gasteiger partial charge is 0.306 e. The number of rotatable bonds is 2. The summed E-state index contributed by atoms with van der Waals surface area (Å²) >= 11 is 3.24. The molecule has 1 aliphatic heterocycles. The maximum absolute atomic E-state index is 13.3. The number of benzene rings is 1. The van der Waals surface area contributed by atoms with Gasteiger partial charge in [0.25, 0.3) is 0 Å². The van der Waals surface area contributed by atoms with Gasteiger partial charge in [-0.3, -0.25) is 10.1 Å². The van der Waals surface area contributed by atoms with Crippen LogP contribution in [0.4, 0.5) is 15.8 Å². The van der Waals surface area contributed by atoms with E-state index in [2.05, 4.69) is 15.9 Å². The van der Waals surface area contributed by atoms with Crippen molar-refractivity contribution in [1.29, 1.82) is 0 Å². The number of nitro benzene ring substituents is 1. The first-order valence-corrected chi connectivity index (χ1v) is 5.77. The van der Waals surface area contributed by atoms with Crippen LogP contribution in [-0.4, -0.2) is 18.0 Å². The largest absolute Gasteiger partial charge is 0.370 e. The Bertz CT molecular complexity index is 433. The third-order valence-corrected chi connectivity index (χ3v) is 3.29. The van der Waals surface area contributed by atoms with Crippen molar-refractivity contribution in [3.05, 3.63) is 32.5 Å². The van der Waals surface area contributed by atoms with E-state index in [1.165, 1.54) is 6.07 Å². The average Bonchev–Trinajstić information content (AvgIpc) is 2.70. The van der Waals surface area contributed by atoms with E-state index in [4.69, 9.17) is 0 Å². The molecule has 0 saturated carbocycles. The molecule has 1 heterocycles. The lowest BCUT2D eigenvalue weighted by Crippen LogP contribution is -2.18. The fourth-order valence-corrected chi connectivity index (χ4v) is 2.43. The summed E-state index contributed by atoms with van der Waals surface area (Å²) in [6.07, 6.45) is 2.13. The standard InChI is InChI=1S/C10H10BrFN2O2/c11-7-5-8(12)10(14(15)16)6-9(7)13-3-1-2-4-13/h5-6H,1-4H2. The molecule has 86 valence electrons. The maximum Gasteiger partial charge on any atom is 0.306 e. The number of nitrogens with zero attached hydrogens (tertiary/aromatic N) is 2. The molecule has 0 radical (unpaired) electrons. The topological polar surface area (TPSA) is 46.4 Å². The van der Waals surface area contributed by atoms with Crippen LogP contribution in [0.5, 0.6) is 0 Å². The molecular formula is C10H10BrFN2O2. The SMILES string of the molecule is O=[N+]([O-])c1cc(N2CCCC2)c(Br)cc1F. The van der Waals surface area contributed by atoms with Crippen LogP contribution in [-0.2, 0) is 0 Å². The van der Waals surface area contributed by atoms with Crippen molar-refractivity contribution in [2.24, 2.45) is 0 Å². The summed E-state index contributed by atoms with van der Waals surface area (Å²) in [4.78, 5) is 12.0. The van der Waals surface area contributed by atoms with Gasteiger partial charge in [0, 0.05) is 23.6 Å². The van der Waals surface area contributed by atoms with Gasteiger partial charge in [-0.1, -0.05) is 0 Å². The molecule has 0 aromatic heterocycles. The second kappa shape index (κ2) is 4.37. The predicted octanol–water partition coefficient (Wildman–Crippen LogP) is 3.10. The van der Waals surface area contributed by atoms with Crippen LogP contribution >= 0.6 is 15.9 Å². The number of hydrogen-bond acceptors (Lipinski definition) is 3. The first kappa shape index (κ1) is 11.3. The summed E-state index contributed by atoms with van der Waals surface area (Å²) in [7, 11) is 0. The normalized spacial score (nSPS) is 15.5. The quantitative estimate of drug-likeness (QED) is 0.621. The lowest BCUT2D eigenvalue weighted by molar-refractivity contribution is -0.387. The molecule has 1 aromatic carbocycles. The minimum absolute atomic E-state index is 0.467. The molecular weight excluding hydrogens is 279 g/mol. The summed E-state index contributed by atoms with van der Waals surface area (Å²) in [6.45, 7) is 1.72. The summed E-state index contributed by atoms with van der Waals surface area (Å²) in [5.41, 5.74) is 0.232. The Morgan fingerprint density at radius 1 is 1.38 bits per heavy atom. The van der Waals surface area contributed by atoms with Gasteiger partial charge >= 0.3 is 5.69 Å². The Labute approximate surface area is 100 Å². The van der Waals surface area contributed by atoms with Gasteiger partial charge in [0.05, 0.1) is 10.6 Å². The zero-order chi connectivity index (χ0) is 11.7. The van der Waals surface area contributed by atoms with Crippen LogP contribution in [0.3, 0.4) is 0 Å². The molecule has 0 spiro atoms. The van der Waals surface area contributed by atoms with E-state index in [0.717, 1.165) is 32.0 Å². The van der Waals surface area contributed by atoms with E-state index in [-0.39, 0.29) is 0 Å². The van der Waals surface area contributed by atoms with Gasteiger partial charge in [-0.2, -0.15) is 4.39 Å². The van der Waals surface area contributed by atoms with Crippen molar-refractivity contribution in [2.75, 3.05) is 18.0 Å². The molecule has 0 bridgehead atoms. The van der Waals surface area contributed by atoms with E-state index >= 15 is 0 Å². The highest BCUT2D eigenvalue weighted by molar-refractivity contribution is 9.10. The molecule has 1 aliphatic rings. The highest BCUT2D eigenvalue weighted by Crippen LogP contribution is 2.34. The van der Waals surface area contributed by atoms with E-state index in [0.29, 0.717) is 10.2 Å². The summed E-state index contributed by atoms with van der Waals surface area (Å²) < 4.78 is 13.8. The fourth-order valence-electron chi connectivity index (χ4n) is 1.87. The zero-order valence-electron chi connectivity index (χ0n) is 8.45. The van der Waals surface area contributed by atoms with Crippen LogP contribution in [0.15, 0.2) is 16.6 Å². The van der Waals surface area contributed by atoms with E-state index in [1.54, 1.807) is 0 Å². The summed E-state index contributed by atoms with van der Waals surface area (Å²) in [6, 6.07) is 2.45. The van der Waals surface area contributed by atoms with Gasteiger partial charge in [-0.05, 0) is 34.8 Å². The minimum Gasteiger partial charge on any atom is -0.370 e. The Hall–Kier alpha value is -1.17. The van der Waals surface area contributed by atoms with Gasteiger partial charge in [0.2, 0.25) is 5.82 Å². The Morgan fingerprint density at radius 3 is 2.56 bits per heavy atom. The monoisotopic (exact) mass is 288 g/mol. The van der Waals surface area contributed by atoms with Crippen molar-refractivity contribution < 1.29 is 9.31 Å². The predicted molar refractivity (Wildman–Crippen MR) is 62.2 cm³/mol. The first-order chi connectivity index (χ1) is 7.59. The molecule has 2 rings (SSSR count). The third kappa shape index (κ3) is 2.02. The molecule has 6 heteroatoms. The van der Waals surface area contributed by atoms with Crippen LogP contribution in [0.25, 0.3) is 0 Å². The molecule has 16 heavy (non-hydrogen) atoms. The molecule has 0 aliphatic carbocycles. The van der Waals surface area contributed by atoms with E-state index in [9.17, 15) is 14.5 Å². The Morgan fingerprint density at radius 2 is 2.00 bits per heavy atom. The van der Waals surface area contributed by atoms with Crippen LogP contribution < -0.4 is 4.90 Å². The van der Waals surface area contributed by atoms with Crippen molar-refractivity contribution >= 4 is 27.3 Å². The van der Waals surface area contributed by atoms with Crippen molar-refractivity contribution in [1.82, 2.24) is 0 Å². The fraction of sp³-hybridized carbons (Fsp3) is 0.400. The molecule has 4 nitrogen and oxygen atoms in total. The molecule has 1 saturated heterocycles. The Balaban J connectivity index is 2.44. The average molecular weight is 289 g/mol. The second-order valence-electron chi connectivity index (χ2n) is 3.71. The van der Waals surface area contributed by atoms with Gasteiger partial charge in [-0.15, -0.1) is 0 Å². The van der Waals surface area contributed by atoms with Crippen molar-refractivity contribution in [3.63, 3.8) is 0 Å². The number of anilines is 1.